The molecule has 3 saturated carbocycles. The molecule has 3 fully saturated rings. The molecule has 0 radical (unpaired) electrons. The molecular weight excluding hydrogens is 312 g/mol. The van der Waals surface area contributed by atoms with E-state index >= 15 is 0 Å². The number of fused-ring (bicyclic) bond motifs is 5. The van der Waals surface area contributed by atoms with Crippen LogP contribution in [0, 0.1) is 34.5 Å². The minimum absolute atomic E-state index is 0.0770. The molecule has 0 saturated heterocycles. The van der Waals surface area contributed by atoms with Crippen LogP contribution < -0.4 is 0 Å². The Morgan fingerprint density at radius 1 is 1.12 bits per heavy atom. The van der Waals surface area contributed by atoms with Crippen LogP contribution >= 0.6 is 0 Å². The Labute approximate surface area is 151 Å². The predicted octanol–water partition coefficient (Wildman–Crippen LogP) is 4.08. The van der Waals surface area contributed by atoms with Crippen LogP contribution in [0.2, 0.25) is 0 Å². The number of aliphatic hydroxyl groups is 1. The molecule has 4 aliphatic carbocycles. The molecule has 0 aromatic rings. The van der Waals surface area contributed by atoms with Gasteiger partial charge in [-0.2, -0.15) is 0 Å². The molecule has 3 nitrogen and oxygen atoms in total. The van der Waals surface area contributed by atoms with Crippen LogP contribution in [0.4, 0.5) is 0 Å². The highest BCUT2D eigenvalue weighted by Crippen LogP contribution is 2.67. The van der Waals surface area contributed by atoms with Crippen LogP contribution in [0.3, 0.4) is 0 Å². The fourth-order valence-corrected chi connectivity index (χ4v) is 7.60. The quantitative estimate of drug-likeness (QED) is 0.768. The maximum absolute atomic E-state index is 11.9. The number of hydrogen-bond donors (Lipinski definition) is 1. The SMILES string of the molecule is CC(O)(C=O)[C@H]1CC[C@H]2[C@@H]3CCC4=CC(=O)CC[C@]4(C)[C@H]3CC[C@]12C. The van der Waals surface area contributed by atoms with Crippen molar-refractivity contribution in [2.24, 2.45) is 34.5 Å². The zero-order valence-electron chi connectivity index (χ0n) is 15.9. The fourth-order valence-electron chi connectivity index (χ4n) is 7.60. The summed E-state index contributed by atoms with van der Waals surface area (Å²) in [5, 5.41) is 10.7. The van der Waals surface area contributed by atoms with E-state index in [0.717, 1.165) is 38.4 Å². The van der Waals surface area contributed by atoms with Gasteiger partial charge in [0.25, 0.3) is 0 Å². The highest BCUT2D eigenvalue weighted by atomic mass is 16.3. The van der Waals surface area contributed by atoms with Crippen LogP contribution in [-0.2, 0) is 9.59 Å². The van der Waals surface area contributed by atoms with Crippen LogP contribution in [0.25, 0.3) is 0 Å². The Hall–Kier alpha value is -0.960. The number of rotatable bonds is 2. The van der Waals surface area contributed by atoms with Gasteiger partial charge in [-0.3, -0.25) is 4.79 Å². The standard InChI is InChI=1S/C22H32O3/c1-20-10-8-15(24)12-14(20)4-5-16-17-6-7-19(22(3,25)13-23)21(17,2)11-9-18(16)20/h12-13,16-19,25H,4-11H2,1-3H3/t16-,17-,18-,19-,20-,21-,22?/m0/s1. The third kappa shape index (κ3) is 2.34. The molecule has 1 unspecified atom stereocenters. The summed E-state index contributed by atoms with van der Waals surface area (Å²) in [7, 11) is 0. The molecule has 0 aromatic heterocycles. The van der Waals surface area contributed by atoms with Gasteiger partial charge >= 0.3 is 0 Å². The van der Waals surface area contributed by atoms with Crippen LogP contribution in [0.15, 0.2) is 11.6 Å². The molecule has 1 N–H and O–H groups in total. The predicted molar refractivity (Wildman–Crippen MR) is 96.9 cm³/mol. The van der Waals surface area contributed by atoms with Crippen molar-refractivity contribution in [3.05, 3.63) is 11.6 Å². The summed E-state index contributed by atoms with van der Waals surface area (Å²) < 4.78 is 0. The topological polar surface area (TPSA) is 54.4 Å². The number of aldehydes is 1. The van der Waals surface area contributed by atoms with Gasteiger partial charge in [0, 0.05) is 6.42 Å². The number of carbonyl (C=O) groups excluding carboxylic acids is 2. The Bertz CT molecular complexity index is 633. The van der Waals surface area contributed by atoms with Gasteiger partial charge < -0.3 is 9.90 Å². The van der Waals surface area contributed by atoms with Gasteiger partial charge in [0.05, 0.1) is 0 Å². The maximum Gasteiger partial charge on any atom is 0.155 e. The first-order chi connectivity index (χ1) is 11.7. The first-order valence-corrected chi connectivity index (χ1v) is 10.1. The summed E-state index contributed by atoms with van der Waals surface area (Å²) in [6.45, 7) is 6.44. The van der Waals surface area contributed by atoms with E-state index in [2.05, 4.69) is 13.8 Å². The highest BCUT2D eigenvalue weighted by molar-refractivity contribution is 5.91. The van der Waals surface area contributed by atoms with E-state index < -0.39 is 5.60 Å². The van der Waals surface area contributed by atoms with Crippen molar-refractivity contribution in [2.45, 2.75) is 77.7 Å². The van der Waals surface area contributed by atoms with E-state index in [1.807, 2.05) is 6.08 Å². The monoisotopic (exact) mass is 344 g/mol. The first-order valence-electron chi connectivity index (χ1n) is 10.1. The van der Waals surface area contributed by atoms with E-state index in [0.29, 0.717) is 30.0 Å². The number of allylic oxidation sites excluding steroid dienone is 1. The Kier molecular flexibility index (Phi) is 3.85. The first kappa shape index (κ1) is 17.5. The average molecular weight is 344 g/mol. The number of carbonyl (C=O) groups is 2. The smallest absolute Gasteiger partial charge is 0.155 e. The van der Waals surface area contributed by atoms with Crippen molar-refractivity contribution in [1.29, 1.82) is 0 Å². The molecule has 4 aliphatic rings. The summed E-state index contributed by atoms with van der Waals surface area (Å²) in [4.78, 5) is 23.4. The van der Waals surface area contributed by atoms with Gasteiger partial charge in [-0.25, -0.2) is 0 Å². The van der Waals surface area contributed by atoms with Gasteiger partial charge in [-0.1, -0.05) is 19.4 Å². The Morgan fingerprint density at radius 3 is 2.60 bits per heavy atom. The molecule has 0 amide bonds. The van der Waals surface area contributed by atoms with E-state index in [1.165, 1.54) is 18.4 Å². The lowest BCUT2D eigenvalue weighted by molar-refractivity contribution is -0.139. The third-order valence-corrected chi connectivity index (χ3v) is 8.91. The van der Waals surface area contributed by atoms with Crippen LogP contribution in [0.1, 0.15) is 72.1 Å². The zero-order chi connectivity index (χ0) is 18.0. The summed E-state index contributed by atoms with van der Waals surface area (Å²) in [6.07, 6.45) is 11.1. The van der Waals surface area contributed by atoms with Crippen LogP contribution in [0.5, 0.6) is 0 Å². The molecular formula is C22H32O3. The van der Waals surface area contributed by atoms with Crippen molar-refractivity contribution < 1.29 is 14.7 Å². The molecule has 0 heterocycles. The van der Waals surface area contributed by atoms with Gasteiger partial charge in [-0.05, 0) is 92.4 Å². The fraction of sp³-hybridized carbons (Fsp3) is 0.818. The van der Waals surface area contributed by atoms with Gasteiger partial charge in [-0.15, -0.1) is 0 Å². The van der Waals surface area contributed by atoms with E-state index in [4.69, 9.17) is 0 Å². The largest absolute Gasteiger partial charge is 0.382 e. The maximum atomic E-state index is 11.9. The Morgan fingerprint density at radius 2 is 1.88 bits per heavy atom. The van der Waals surface area contributed by atoms with Gasteiger partial charge in [0.15, 0.2) is 12.1 Å². The van der Waals surface area contributed by atoms with Crippen molar-refractivity contribution in [3.8, 4) is 0 Å². The molecule has 0 aromatic carbocycles. The summed E-state index contributed by atoms with van der Waals surface area (Å²) in [5.41, 5.74) is 0.483. The second kappa shape index (κ2) is 5.52. The second-order valence-electron chi connectivity index (χ2n) is 9.99. The second-order valence-corrected chi connectivity index (χ2v) is 9.99. The van der Waals surface area contributed by atoms with Crippen molar-refractivity contribution in [2.75, 3.05) is 0 Å². The summed E-state index contributed by atoms with van der Waals surface area (Å²) >= 11 is 0. The lowest BCUT2D eigenvalue weighted by atomic mass is 9.46. The van der Waals surface area contributed by atoms with Crippen molar-refractivity contribution >= 4 is 12.1 Å². The lowest BCUT2D eigenvalue weighted by Gasteiger charge is -2.58. The van der Waals surface area contributed by atoms with Gasteiger partial charge in [0.2, 0.25) is 0 Å². The van der Waals surface area contributed by atoms with Crippen LogP contribution in [-0.4, -0.2) is 22.8 Å². The molecule has 0 bridgehead atoms. The molecule has 4 rings (SSSR count). The minimum atomic E-state index is -1.20. The molecule has 7 atom stereocenters. The third-order valence-electron chi connectivity index (χ3n) is 8.91. The summed E-state index contributed by atoms with van der Waals surface area (Å²) in [6, 6.07) is 0. The Balaban J connectivity index is 1.66. The zero-order valence-corrected chi connectivity index (χ0v) is 15.9. The van der Waals surface area contributed by atoms with Crippen molar-refractivity contribution in [1.82, 2.24) is 0 Å². The van der Waals surface area contributed by atoms with E-state index in [1.54, 1.807) is 6.92 Å². The molecule has 25 heavy (non-hydrogen) atoms. The molecule has 0 spiro atoms. The number of ketones is 1. The normalized spacial score (nSPS) is 48.6. The molecule has 3 heteroatoms. The summed E-state index contributed by atoms with van der Waals surface area (Å²) in [5.74, 6) is 2.36. The highest BCUT2D eigenvalue weighted by Gasteiger charge is 2.61. The number of hydrogen-bond acceptors (Lipinski definition) is 3. The van der Waals surface area contributed by atoms with E-state index in [9.17, 15) is 14.7 Å². The van der Waals surface area contributed by atoms with E-state index in [-0.39, 0.29) is 16.7 Å². The van der Waals surface area contributed by atoms with Gasteiger partial charge in [0.1, 0.15) is 5.60 Å². The average Bonchev–Trinajstić information content (AvgIpc) is 2.93. The molecule has 0 aliphatic heterocycles. The lowest BCUT2D eigenvalue weighted by Crippen LogP contribution is -2.53. The minimum Gasteiger partial charge on any atom is -0.382 e. The molecule has 138 valence electrons. The van der Waals surface area contributed by atoms with Crippen molar-refractivity contribution in [3.63, 3.8) is 0 Å².